The SMILES string of the molecule is O=C(O)c1ccc(OCC2CCC(F)(F)CC2)c(F)c1. The lowest BCUT2D eigenvalue weighted by Gasteiger charge is -2.28. The van der Waals surface area contributed by atoms with Crippen molar-refractivity contribution >= 4 is 5.97 Å². The third-order valence-corrected chi connectivity index (χ3v) is 3.49. The van der Waals surface area contributed by atoms with Crippen LogP contribution in [-0.2, 0) is 0 Å². The lowest BCUT2D eigenvalue weighted by atomic mass is 9.87. The van der Waals surface area contributed by atoms with E-state index in [1.165, 1.54) is 12.1 Å². The van der Waals surface area contributed by atoms with Gasteiger partial charge in [-0.3, -0.25) is 0 Å². The first-order valence-corrected chi connectivity index (χ1v) is 6.41. The van der Waals surface area contributed by atoms with Gasteiger partial charge in [0, 0.05) is 12.8 Å². The molecular formula is C14H15F3O3. The summed E-state index contributed by atoms with van der Waals surface area (Å²) in [5.41, 5.74) is -0.160. The smallest absolute Gasteiger partial charge is 0.335 e. The summed E-state index contributed by atoms with van der Waals surface area (Å²) in [4.78, 5) is 10.7. The molecule has 0 saturated heterocycles. The highest BCUT2D eigenvalue weighted by Crippen LogP contribution is 2.36. The molecule has 0 aromatic heterocycles. The molecule has 0 radical (unpaired) electrons. The highest BCUT2D eigenvalue weighted by molar-refractivity contribution is 5.87. The average Bonchev–Trinajstić information content (AvgIpc) is 2.38. The van der Waals surface area contributed by atoms with Crippen LogP contribution in [0.25, 0.3) is 0 Å². The molecule has 1 aliphatic rings. The molecule has 1 fully saturated rings. The van der Waals surface area contributed by atoms with Gasteiger partial charge in [0.05, 0.1) is 12.2 Å². The number of aromatic carboxylic acids is 1. The lowest BCUT2D eigenvalue weighted by molar-refractivity contribution is -0.0499. The number of carboxylic acid groups (broad SMARTS) is 1. The van der Waals surface area contributed by atoms with E-state index in [1.807, 2.05) is 0 Å². The van der Waals surface area contributed by atoms with Gasteiger partial charge < -0.3 is 9.84 Å². The van der Waals surface area contributed by atoms with Crippen LogP contribution in [0.1, 0.15) is 36.0 Å². The number of hydrogen-bond donors (Lipinski definition) is 1. The summed E-state index contributed by atoms with van der Waals surface area (Å²) in [5.74, 6) is -4.64. The fraction of sp³-hybridized carbons (Fsp3) is 0.500. The van der Waals surface area contributed by atoms with Crippen molar-refractivity contribution in [3.05, 3.63) is 29.6 Å². The van der Waals surface area contributed by atoms with Crippen molar-refractivity contribution in [3.8, 4) is 5.75 Å². The Morgan fingerprint density at radius 2 is 2.00 bits per heavy atom. The standard InChI is InChI=1S/C14H15F3O3/c15-11-7-10(13(18)19)1-2-12(11)20-8-9-3-5-14(16,17)6-4-9/h1-2,7,9H,3-6,8H2,(H,18,19). The molecule has 6 heteroatoms. The van der Waals surface area contributed by atoms with Crippen LogP contribution in [0.4, 0.5) is 13.2 Å². The third-order valence-electron chi connectivity index (χ3n) is 3.49. The van der Waals surface area contributed by atoms with Crippen molar-refractivity contribution in [1.29, 1.82) is 0 Å². The van der Waals surface area contributed by atoms with Crippen LogP contribution in [-0.4, -0.2) is 23.6 Å². The van der Waals surface area contributed by atoms with Gasteiger partial charge in [0.15, 0.2) is 11.6 Å². The molecule has 0 amide bonds. The van der Waals surface area contributed by atoms with E-state index in [4.69, 9.17) is 9.84 Å². The van der Waals surface area contributed by atoms with Crippen LogP contribution in [0.15, 0.2) is 18.2 Å². The van der Waals surface area contributed by atoms with Gasteiger partial charge in [-0.2, -0.15) is 0 Å². The number of carboxylic acids is 1. The Morgan fingerprint density at radius 3 is 2.55 bits per heavy atom. The molecule has 1 aromatic rings. The van der Waals surface area contributed by atoms with Crippen molar-refractivity contribution in [2.45, 2.75) is 31.6 Å². The highest BCUT2D eigenvalue weighted by atomic mass is 19.3. The Kier molecular flexibility index (Phi) is 4.20. The molecule has 0 heterocycles. The van der Waals surface area contributed by atoms with Crippen molar-refractivity contribution in [3.63, 3.8) is 0 Å². The topological polar surface area (TPSA) is 46.5 Å². The molecule has 1 aromatic carbocycles. The normalized spacial score (nSPS) is 18.8. The molecule has 3 nitrogen and oxygen atoms in total. The van der Waals surface area contributed by atoms with E-state index in [0.29, 0.717) is 12.8 Å². The van der Waals surface area contributed by atoms with Crippen LogP contribution < -0.4 is 4.74 Å². The van der Waals surface area contributed by atoms with Gasteiger partial charge in [0.25, 0.3) is 0 Å². The summed E-state index contributed by atoms with van der Waals surface area (Å²) >= 11 is 0. The number of halogens is 3. The number of benzene rings is 1. The third kappa shape index (κ3) is 3.65. The molecule has 0 spiro atoms. The van der Waals surface area contributed by atoms with Gasteiger partial charge in [-0.05, 0) is 37.0 Å². The Labute approximate surface area is 114 Å². The quantitative estimate of drug-likeness (QED) is 0.918. The van der Waals surface area contributed by atoms with Crippen LogP contribution in [0.5, 0.6) is 5.75 Å². The first-order chi connectivity index (χ1) is 9.37. The zero-order chi connectivity index (χ0) is 14.8. The van der Waals surface area contributed by atoms with E-state index < -0.39 is 17.7 Å². The van der Waals surface area contributed by atoms with Crippen LogP contribution >= 0.6 is 0 Å². The van der Waals surface area contributed by atoms with Crippen molar-refractivity contribution in [2.75, 3.05) is 6.61 Å². The predicted octanol–water partition coefficient (Wildman–Crippen LogP) is 3.73. The molecule has 1 saturated carbocycles. The summed E-state index contributed by atoms with van der Waals surface area (Å²) in [5, 5.41) is 8.70. The van der Waals surface area contributed by atoms with Crippen LogP contribution in [0.2, 0.25) is 0 Å². The fourth-order valence-electron chi connectivity index (χ4n) is 2.23. The minimum absolute atomic E-state index is 0.0202. The monoisotopic (exact) mass is 288 g/mol. The minimum atomic E-state index is -2.59. The maximum atomic E-state index is 13.6. The predicted molar refractivity (Wildman–Crippen MR) is 65.8 cm³/mol. The van der Waals surface area contributed by atoms with Gasteiger partial charge in [-0.25, -0.2) is 18.0 Å². The molecule has 1 N–H and O–H groups in total. The first kappa shape index (κ1) is 14.7. The second kappa shape index (κ2) is 5.73. The van der Waals surface area contributed by atoms with Crippen LogP contribution in [0, 0.1) is 11.7 Å². The molecule has 110 valence electrons. The second-order valence-electron chi connectivity index (χ2n) is 5.06. The number of alkyl halides is 2. The van der Waals surface area contributed by atoms with E-state index in [9.17, 15) is 18.0 Å². The van der Waals surface area contributed by atoms with E-state index in [2.05, 4.69) is 0 Å². The van der Waals surface area contributed by atoms with Gasteiger partial charge in [0.1, 0.15) is 0 Å². The molecule has 2 rings (SSSR count). The minimum Gasteiger partial charge on any atom is -0.490 e. The summed E-state index contributed by atoms with van der Waals surface area (Å²) in [6.07, 6.45) is 0.368. The van der Waals surface area contributed by atoms with E-state index >= 15 is 0 Å². The molecular weight excluding hydrogens is 273 g/mol. The number of ether oxygens (including phenoxy) is 1. The summed E-state index contributed by atoms with van der Waals surface area (Å²) in [7, 11) is 0. The molecule has 0 aliphatic heterocycles. The fourth-order valence-corrected chi connectivity index (χ4v) is 2.23. The molecule has 1 aliphatic carbocycles. The van der Waals surface area contributed by atoms with Crippen molar-refractivity contribution in [1.82, 2.24) is 0 Å². The maximum absolute atomic E-state index is 13.6. The number of hydrogen-bond acceptors (Lipinski definition) is 2. The van der Waals surface area contributed by atoms with E-state index in [1.54, 1.807) is 0 Å². The Bertz CT molecular complexity index is 492. The molecule has 20 heavy (non-hydrogen) atoms. The Balaban J connectivity index is 1.90. The zero-order valence-corrected chi connectivity index (χ0v) is 10.7. The van der Waals surface area contributed by atoms with Gasteiger partial charge >= 0.3 is 5.97 Å². The van der Waals surface area contributed by atoms with Gasteiger partial charge in [-0.1, -0.05) is 0 Å². The summed E-state index contributed by atoms with van der Waals surface area (Å²) < 4.78 is 44.8. The summed E-state index contributed by atoms with van der Waals surface area (Å²) in [6, 6.07) is 3.37. The summed E-state index contributed by atoms with van der Waals surface area (Å²) in [6.45, 7) is 0.166. The number of carbonyl (C=O) groups is 1. The Hall–Kier alpha value is -1.72. The first-order valence-electron chi connectivity index (χ1n) is 6.41. The molecule has 0 unspecified atom stereocenters. The molecule has 0 bridgehead atoms. The van der Waals surface area contributed by atoms with Crippen molar-refractivity contribution < 1.29 is 27.8 Å². The van der Waals surface area contributed by atoms with E-state index in [0.717, 1.165) is 6.07 Å². The van der Waals surface area contributed by atoms with E-state index in [-0.39, 0.29) is 36.7 Å². The maximum Gasteiger partial charge on any atom is 0.335 e. The second-order valence-corrected chi connectivity index (χ2v) is 5.06. The van der Waals surface area contributed by atoms with Crippen LogP contribution in [0.3, 0.4) is 0 Å². The Morgan fingerprint density at radius 1 is 1.35 bits per heavy atom. The zero-order valence-electron chi connectivity index (χ0n) is 10.7. The number of rotatable bonds is 4. The largest absolute Gasteiger partial charge is 0.490 e. The lowest BCUT2D eigenvalue weighted by Crippen LogP contribution is -2.27. The van der Waals surface area contributed by atoms with Gasteiger partial charge in [-0.15, -0.1) is 0 Å². The highest BCUT2D eigenvalue weighted by Gasteiger charge is 2.35. The van der Waals surface area contributed by atoms with Gasteiger partial charge in [0.2, 0.25) is 5.92 Å². The van der Waals surface area contributed by atoms with Crippen molar-refractivity contribution in [2.24, 2.45) is 5.92 Å². The molecule has 0 atom stereocenters. The average molecular weight is 288 g/mol.